The molecule has 0 saturated carbocycles. The van der Waals surface area contributed by atoms with Gasteiger partial charge in [0.2, 0.25) is 11.8 Å². The van der Waals surface area contributed by atoms with Crippen molar-refractivity contribution in [1.82, 2.24) is 20.4 Å². The van der Waals surface area contributed by atoms with Gasteiger partial charge in [-0.25, -0.2) is 0 Å². The van der Waals surface area contributed by atoms with Crippen LogP contribution in [-0.2, 0) is 60.4 Å². The van der Waals surface area contributed by atoms with Crippen LogP contribution < -0.4 is 20.1 Å². The van der Waals surface area contributed by atoms with E-state index in [0.29, 0.717) is 117 Å². The molecule has 3 rings (SSSR count). The van der Waals surface area contributed by atoms with Crippen molar-refractivity contribution in [2.75, 3.05) is 132 Å². The van der Waals surface area contributed by atoms with E-state index in [4.69, 9.17) is 37.9 Å². The van der Waals surface area contributed by atoms with Crippen LogP contribution in [0.5, 0.6) is 11.5 Å². The van der Waals surface area contributed by atoms with Gasteiger partial charge in [-0.2, -0.15) is 0 Å². The number of nitrogens with zero attached hydrogens (tertiary/aromatic N) is 2. The molecular formula is C68H112N4O12. The van der Waals surface area contributed by atoms with Gasteiger partial charge in [-0.15, -0.1) is 0 Å². The maximum atomic E-state index is 12.4. The van der Waals surface area contributed by atoms with Crippen LogP contribution in [-0.4, -0.2) is 165 Å². The van der Waals surface area contributed by atoms with E-state index in [9.17, 15) is 19.2 Å². The number of hydrogen-bond donors (Lipinski definition) is 2. The summed E-state index contributed by atoms with van der Waals surface area (Å²) in [4.78, 5) is 54.3. The number of piperazine rings is 1. The Bertz CT molecular complexity index is 1820. The van der Waals surface area contributed by atoms with E-state index in [1.807, 2.05) is 24.3 Å². The molecule has 1 saturated heterocycles. The zero-order chi connectivity index (χ0) is 59.9. The molecule has 0 spiro atoms. The Morgan fingerprint density at radius 1 is 0.381 bits per heavy atom. The fraction of sp³-hybridized carbons (Fsp3) is 0.706. The molecule has 0 atom stereocenters. The van der Waals surface area contributed by atoms with Gasteiger partial charge in [0.05, 0.1) is 92.1 Å². The van der Waals surface area contributed by atoms with Crippen LogP contribution in [0.1, 0.15) is 179 Å². The van der Waals surface area contributed by atoms with Crippen molar-refractivity contribution in [2.24, 2.45) is 0 Å². The Hall–Kier alpha value is -4.52. The Kier molecular flexibility index (Phi) is 47.3. The lowest BCUT2D eigenvalue weighted by atomic mass is 10.1. The highest BCUT2D eigenvalue weighted by molar-refractivity contribution is 5.79. The molecule has 1 fully saturated rings. The second-order valence-electron chi connectivity index (χ2n) is 21.9. The normalized spacial score (nSPS) is 13.1. The molecule has 16 nitrogen and oxygen atoms in total. The summed E-state index contributed by atoms with van der Waals surface area (Å²) in [6.45, 7) is 17.1. The smallest absolute Gasteiger partial charge is 0.311 e. The van der Waals surface area contributed by atoms with E-state index >= 15 is 0 Å². The topological polar surface area (TPSA) is 173 Å². The molecule has 1 aliphatic rings. The van der Waals surface area contributed by atoms with Crippen molar-refractivity contribution in [1.29, 1.82) is 0 Å². The largest absolute Gasteiger partial charge is 0.427 e. The van der Waals surface area contributed by atoms with Crippen LogP contribution in [0.2, 0.25) is 0 Å². The number of ether oxygens (including phenoxy) is 8. The van der Waals surface area contributed by atoms with Crippen molar-refractivity contribution >= 4 is 23.8 Å². The van der Waals surface area contributed by atoms with Gasteiger partial charge in [-0.3, -0.25) is 29.0 Å². The number of nitrogens with one attached hydrogen (secondary N) is 2. The van der Waals surface area contributed by atoms with E-state index in [1.165, 1.54) is 89.9 Å². The third-order valence-electron chi connectivity index (χ3n) is 14.5. The van der Waals surface area contributed by atoms with Crippen LogP contribution in [0.15, 0.2) is 72.8 Å². The molecule has 2 aromatic rings. The first-order valence-corrected chi connectivity index (χ1v) is 32.7. The first-order valence-electron chi connectivity index (χ1n) is 32.7. The second-order valence-corrected chi connectivity index (χ2v) is 21.9. The van der Waals surface area contributed by atoms with Gasteiger partial charge in [0.1, 0.15) is 11.5 Å². The molecule has 2 N–H and O–H groups in total. The molecule has 0 bridgehead atoms. The fourth-order valence-corrected chi connectivity index (χ4v) is 9.42. The number of unbranched alkanes of at least 4 members (excludes halogenated alkanes) is 18. The first-order chi connectivity index (χ1) is 41.3. The van der Waals surface area contributed by atoms with Gasteiger partial charge < -0.3 is 48.5 Å². The number of esters is 2. The summed E-state index contributed by atoms with van der Waals surface area (Å²) in [5.74, 6) is 0.395. The summed E-state index contributed by atoms with van der Waals surface area (Å²) in [5, 5.41) is 5.77. The number of carbonyl (C=O) groups is 4. The molecule has 0 aliphatic carbocycles. The minimum absolute atomic E-state index is 0.0916. The van der Waals surface area contributed by atoms with Gasteiger partial charge in [-0.05, 0) is 99.6 Å². The third-order valence-corrected chi connectivity index (χ3v) is 14.5. The quantitative estimate of drug-likeness (QED) is 0.0277. The number of rotatable bonds is 56. The van der Waals surface area contributed by atoms with Gasteiger partial charge in [0.15, 0.2) is 0 Å². The molecule has 0 aromatic heterocycles. The average molecular weight is 1180 g/mol. The van der Waals surface area contributed by atoms with Gasteiger partial charge in [0.25, 0.3) is 0 Å². The monoisotopic (exact) mass is 1180 g/mol. The molecule has 2 aromatic carbocycles. The molecule has 476 valence electrons. The van der Waals surface area contributed by atoms with Crippen molar-refractivity contribution in [2.45, 2.75) is 181 Å². The molecule has 84 heavy (non-hydrogen) atoms. The summed E-state index contributed by atoms with van der Waals surface area (Å²) in [6, 6.07) is 14.3. The Labute approximate surface area is 507 Å². The SMILES string of the molecule is CCCCCC/C=C\CCCCCCCC(=O)Oc1ccc(CC(=O)NCCOCCOCCOCCN2CCN(CCOCCOCCOCCNC(=O)Cc3ccc(OC(=O)CCCCCCC/C=C\CCCCCC)cc3)CC2)cc1. The molecule has 1 aliphatic heterocycles. The van der Waals surface area contributed by atoms with E-state index in [0.717, 1.165) is 102 Å². The number of allylic oxidation sites excluding steroid dienone is 4. The zero-order valence-corrected chi connectivity index (χ0v) is 52.2. The molecule has 0 radical (unpaired) electrons. The van der Waals surface area contributed by atoms with Gasteiger partial charge in [0, 0.05) is 65.2 Å². The number of carbonyl (C=O) groups excluding carboxylic acids is 4. The molecule has 0 unspecified atom stereocenters. The van der Waals surface area contributed by atoms with E-state index in [1.54, 1.807) is 24.3 Å². The highest BCUT2D eigenvalue weighted by atomic mass is 16.6. The lowest BCUT2D eigenvalue weighted by Gasteiger charge is -2.34. The van der Waals surface area contributed by atoms with Crippen LogP contribution in [0.3, 0.4) is 0 Å². The minimum atomic E-state index is -0.214. The van der Waals surface area contributed by atoms with E-state index in [-0.39, 0.29) is 36.6 Å². The molecule has 1 heterocycles. The Morgan fingerprint density at radius 2 is 0.679 bits per heavy atom. The van der Waals surface area contributed by atoms with Gasteiger partial charge in [-0.1, -0.05) is 139 Å². The minimum Gasteiger partial charge on any atom is -0.427 e. The summed E-state index contributed by atoms with van der Waals surface area (Å²) in [6.07, 6.45) is 36.7. The highest BCUT2D eigenvalue weighted by Crippen LogP contribution is 2.17. The van der Waals surface area contributed by atoms with Gasteiger partial charge >= 0.3 is 11.9 Å². The lowest BCUT2D eigenvalue weighted by Crippen LogP contribution is -2.48. The summed E-state index contributed by atoms with van der Waals surface area (Å²) < 4.78 is 45.1. The first kappa shape index (κ1) is 73.7. The standard InChI is InChI=1S/C68H112N4O12/c1-3-5-7-9-11-13-15-17-19-21-23-25-27-29-67(75)83-63-35-31-61(32-36-63)59-65(73)69-39-47-77-51-55-81-57-53-79-49-45-71-41-43-72(44-42-71)46-50-80-54-58-82-56-52-78-48-40-70-66(74)60-62-33-37-64(38-34-62)84-68(76)30-28-26-24-22-20-18-16-14-12-10-8-6-4-2/h13-16,31-38H,3-12,17-30,39-60H2,1-2H3,(H,69,73)(H,70,74)/b15-13-,16-14-. The fourth-order valence-electron chi connectivity index (χ4n) is 9.42. The third kappa shape index (κ3) is 44.0. The maximum absolute atomic E-state index is 12.4. The van der Waals surface area contributed by atoms with Crippen LogP contribution in [0, 0.1) is 0 Å². The number of benzene rings is 2. The Balaban J connectivity index is 1.00. The summed E-state index contributed by atoms with van der Waals surface area (Å²) in [5.41, 5.74) is 1.70. The van der Waals surface area contributed by atoms with Crippen molar-refractivity contribution in [3.05, 3.63) is 84.0 Å². The van der Waals surface area contributed by atoms with Crippen LogP contribution in [0.25, 0.3) is 0 Å². The van der Waals surface area contributed by atoms with Crippen molar-refractivity contribution in [3.63, 3.8) is 0 Å². The predicted octanol–water partition coefficient (Wildman–Crippen LogP) is 11.7. The predicted molar refractivity (Wildman–Crippen MR) is 336 cm³/mol. The molecule has 2 amide bonds. The summed E-state index contributed by atoms with van der Waals surface area (Å²) in [7, 11) is 0. The highest BCUT2D eigenvalue weighted by Gasteiger charge is 2.16. The maximum Gasteiger partial charge on any atom is 0.311 e. The lowest BCUT2D eigenvalue weighted by molar-refractivity contribution is -0.135. The zero-order valence-electron chi connectivity index (χ0n) is 52.2. The van der Waals surface area contributed by atoms with Crippen LogP contribution in [0.4, 0.5) is 0 Å². The summed E-state index contributed by atoms with van der Waals surface area (Å²) >= 11 is 0. The van der Waals surface area contributed by atoms with Crippen molar-refractivity contribution < 1.29 is 57.1 Å². The molecule has 16 heteroatoms. The van der Waals surface area contributed by atoms with Crippen molar-refractivity contribution in [3.8, 4) is 11.5 Å². The average Bonchev–Trinajstić information content (AvgIpc) is 3.55. The second kappa shape index (κ2) is 53.9. The van der Waals surface area contributed by atoms with Crippen LogP contribution >= 0.6 is 0 Å². The Morgan fingerprint density at radius 3 is 1.02 bits per heavy atom. The van der Waals surface area contributed by atoms with E-state index in [2.05, 4.69) is 58.6 Å². The van der Waals surface area contributed by atoms with E-state index < -0.39 is 0 Å². The molecular weight excluding hydrogens is 1060 g/mol. The number of amides is 2. The number of hydrogen-bond acceptors (Lipinski definition) is 14.